The molecule has 3 aliphatic heterocycles. The number of nitriles is 1. The fraction of sp³-hybridized carbons (Fsp3) is 0.615. The molecule has 1 amide bonds. The van der Waals surface area contributed by atoms with Crippen LogP contribution >= 0.6 is 24.0 Å². The molecule has 4 heterocycles. The summed E-state index contributed by atoms with van der Waals surface area (Å²) in [5.74, 6) is 0.677. The van der Waals surface area contributed by atoms with Crippen molar-refractivity contribution in [3.63, 3.8) is 0 Å². The van der Waals surface area contributed by atoms with E-state index in [4.69, 9.17) is 17.0 Å². The van der Waals surface area contributed by atoms with Crippen LogP contribution in [0.15, 0.2) is 9.70 Å². The summed E-state index contributed by atoms with van der Waals surface area (Å²) in [6, 6.07) is 2.14. The van der Waals surface area contributed by atoms with E-state index < -0.39 is 0 Å². The largest absolute Gasteiger partial charge is 0.376 e. The molecule has 1 aromatic rings. The molecule has 0 spiro atoms. The van der Waals surface area contributed by atoms with Crippen molar-refractivity contribution in [3.8, 4) is 6.07 Å². The molecule has 8 nitrogen and oxygen atoms in total. The minimum atomic E-state index is -0.251. The standard InChI is InChI=1S/C26H35N5O3S2/c1-4-6-9-30-23(29-12-10-28(5-2)11-13-29)20(18(3)21(16-27)24(30)32)15-22-25(33)31(26(35)36-22)17-19-8-7-14-34-19/h15,19H,4-14,17H2,1-3H3/b22-15+. The molecule has 1 unspecified atom stereocenters. The molecule has 3 aliphatic rings. The molecule has 0 radical (unpaired) electrons. The van der Waals surface area contributed by atoms with Crippen molar-refractivity contribution in [1.82, 2.24) is 14.4 Å². The van der Waals surface area contributed by atoms with Crippen LogP contribution in [0.3, 0.4) is 0 Å². The molecule has 3 fully saturated rings. The molecule has 0 aliphatic carbocycles. The molecule has 0 aromatic carbocycles. The van der Waals surface area contributed by atoms with Crippen LogP contribution in [0.1, 0.15) is 56.2 Å². The van der Waals surface area contributed by atoms with Crippen LogP contribution in [0, 0.1) is 18.3 Å². The number of likely N-dealkylation sites (N-methyl/N-ethyl adjacent to an activating group) is 1. The highest BCUT2D eigenvalue weighted by atomic mass is 32.2. The average Bonchev–Trinajstić information content (AvgIpc) is 3.49. The van der Waals surface area contributed by atoms with Gasteiger partial charge in [0.05, 0.1) is 17.6 Å². The first-order chi connectivity index (χ1) is 17.4. The summed E-state index contributed by atoms with van der Waals surface area (Å²) in [5.41, 5.74) is 1.28. The van der Waals surface area contributed by atoms with Gasteiger partial charge in [-0.25, -0.2) is 0 Å². The number of ether oxygens (including phenoxy) is 1. The molecule has 10 heteroatoms. The maximum Gasteiger partial charge on any atom is 0.270 e. The first-order valence-electron chi connectivity index (χ1n) is 12.9. The minimum absolute atomic E-state index is 0.0140. The third-order valence-electron chi connectivity index (χ3n) is 7.26. The quantitative estimate of drug-likeness (QED) is 0.375. The number of anilines is 1. The van der Waals surface area contributed by atoms with Gasteiger partial charge in [-0.3, -0.25) is 19.1 Å². The number of pyridine rings is 1. The van der Waals surface area contributed by atoms with Crippen LogP contribution in [0.25, 0.3) is 6.08 Å². The number of unbranched alkanes of at least 4 members (excludes halogenated alkanes) is 1. The summed E-state index contributed by atoms with van der Waals surface area (Å²) >= 11 is 6.85. The molecule has 36 heavy (non-hydrogen) atoms. The zero-order valence-electron chi connectivity index (χ0n) is 21.4. The molecule has 4 rings (SSSR count). The number of piperazine rings is 1. The monoisotopic (exact) mass is 529 g/mol. The summed E-state index contributed by atoms with van der Waals surface area (Å²) in [4.78, 5) is 33.6. The van der Waals surface area contributed by atoms with Gasteiger partial charge in [0.1, 0.15) is 21.8 Å². The second-order valence-corrected chi connectivity index (χ2v) is 11.2. The minimum Gasteiger partial charge on any atom is -0.376 e. The predicted octanol–water partition coefficient (Wildman–Crippen LogP) is 3.35. The average molecular weight is 530 g/mol. The van der Waals surface area contributed by atoms with E-state index in [-0.39, 0.29) is 23.1 Å². The highest BCUT2D eigenvalue weighted by Gasteiger charge is 2.35. The van der Waals surface area contributed by atoms with Gasteiger partial charge in [0.2, 0.25) is 0 Å². The van der Waals surface area contributed by atoms with Gasteiger partial charge >= 0.3 is 0 Å². The number of nitrogens with zero attached hydrogens (tertiary/aromatic N) is 5. The molecule has 0 N–H and O–H groups in total. The van der Waals surface area contributed by atoms with Crippen molar-refractivity contribution in [2.75, 3.05) is 50.8 Å². The molecule has 0 saturated carbocycles. The van der Waals surface area contributed by atoms with Crippen LogP contribution in [-0.4, -0.2) is 76.6 Å². The number of aromatic nitrogens is 1. The van der Waals surface area contributed by atoms with Crippen LogP contribution in [0.4, 0.5) is 5.82 Å². The Hall–Kier alpha value is -2.19. The lowest BCUT2D eigenvalue weighted by Gasteiger charge is -2.37. The normalized spacial score (nSPS) is 22.2. The van der Waals surface area contributed by atoms with Gasteiger partial charge in [-0.15, -0.1) is 0 Å². The Morgan fingerprint density at radius 1 is 1.22 bits per heavy atom. The lowest BCUT2D eigenvalue weighted by atomic mass is 10.0. The lowest BCUT2D eigenvalue weighted by Crippen LogP contribution is -2.48. The van der Waals surface area contributed by atoms with Crippen molar-refractivity contribution in [3.05, 3.63) is 31.9 Å². The number of rotatable bonds is 8. The van der Waals surface area contributed by atoms with Gasteiger partial charge in [0.25, 0.3) is 11.5 Å². The van der Waals surface area contributed by atoms with Gasteiger partial charge in [-0.2, -0.15) is 5.26 Å². The van der Waals surface area contributed by atoms with E-state index in [1.165, 1.54) is 11.8 Å². The first kappa shape index (κ1) is 26.9. The molecule has 3 saturated heterocycles. The fourth-order valence-electron chi connectivity index (χ4n) is 5.06. The zero-order valence-corrected chi connectivity index (χ0v) is 23.1. The first-order valence-corrected chi connectivity index (χ1v) is 14.1. The SMILES string of the molecule is CCCCn1c(N2CCN(CC)CC2)c(/C=C2/SC(=S)N(CC3CCCO3)C2=O)c(C)c(C#N)c1=O. The molecule has 0 bridgehead atoms. The van der Waals surface area contributed by atoms with E-state index in [1.54, 1.807) is 9.47 Å². The van der Waals surface area contributed by atoms with E-state index in [9.17, 15) is 14.9 Å². The molecular weight excluding hydrogens is 494 g/mol. The van der Waals surface area contributed by atoms with E-state index >= 15 is 0 Å². The Morgan fingerprint density at radius 2 is 1.97 bits per heavy atom. The van der Waals surface area contributed by atoms with E-state index in [1.807, 2.05) is 13.0 Å². The highest BCUT2D eigenvalue weighted by molar-refractivity contribution is 8.26. The van der Waals surface area contributed by atoms with Gasteiger partial charge in [0, 0.05) is 44.9 Å². The number of carbonyl (C=O) groups excluding carboxylic acids is 1. The summed E-state index contributed by atoms with van der Waals surface area (Å²) in [6.45, 7) is 12.1. The van der Waals surface area contributed by atoms with Crippen molar-refractivity contribution in [1.29, 1.82) is 5.26 Å². The fourth-order valence-corrected chi connectivity index (χ4v) is 6.32. The van der Waals surface area contributed by atoms with E-state index in [2.05, 4.69) is 29.7 Å². The Kier molecular flexibility index (Phi) is 8.88. The van der Waals surface area contributed by atoms with Gasteiger partial charge in [-0.1, -0.05) is 44.2 Å². The van der Waals surface area contributed by atoms with Crippen LogP contribution < -0.4 is 10.5 Å². The van der Waals surface area contributed by atoms with Crippen molar-refractivity contribution in [2.45, 2.75) is 59.1 Å². The predicted molar refractivity (Wildman–Crippen MR) is 148 cm³/mol. The molecule has 1 atom stereocenters. The van der Waals surface area contributed by atoms with Gasteiger partial charge < -0.3 is 14.5 Å². The number of amides is 1. The molecule has 1 aromatic heterocycles. The number of thioether (sulfide) groups is 1. The Balaban J connectivity index is 1.79. The summed E-state index contributed by atoms with van der Waals surface area (Å²) < 4.78 is 8.02. The summed E-state index contributed by atoms with van der Waals surface area (Å²) in [6.07, 6.45) is 5.56. The summed E-state index contributed by atoms with van der Waals surface area (Å²) in [5, 5.41) is 9.88. The Labute approximate surface area is 222 Å². The second kappa shape index (κ2) is 11.9. The lowest BCUT2D eigenvalue weighted by molar-refractivity contribution is -0.123. The topological polar surface area (TPSA) is 81.8 Å². The van der Waals surface area contributed by atoms with E-state index in [0.29, 0.717) is 27.9 Å². The smallest absolute Gasteiger partial charge is 0.270 e. The van der Waals surface area contributed by atoms with Crippen LogP contribution in [-0.2, 0) is 16.1 Å². The van der Waals surface area contributed by atoms with Gasteiger partial charge in [0.15, 0.2) is 0 Å². The molecule has 194 valence electrons. The maximum absolute atomic E-state index is 13.4. The second-order valence-electron chi connectivity index (χ2n) is 9.51. The number of hydrogen-bond donors (Lipinski definition) is 0. The third-order valence-corrected chi connectivity index (χ3v) is 8.64. The Morgan fingerprint density at radius 3 is 2.58 bits per heavy atom. The zero-order chi connectivity index (χ0) is 25.8. The maximum atomic E-state index is 13.4. The Bertz CT molecular complexity index is 1140. The van der Waals surface area contributed by atoms with Crippen LogP contribution in [0.5, 0.6) is 0 Å². The molecular formula is C26H35N5O3S2. The summed E-state index contributed by atoms with van der Waals surface area (Å²) in [7, 11) is 0. The van der Waals surface area contributed by atoms with E-state index in [0.717, 1.165) is 76.4 Å². The number of carbonyl (C=O) groups is 1. The van der Waals surface area contributed by atoms with Gasteiger partial charge in [-0.05, 0) is 44.4 Å². The number of hydrogen-bond acceptors (Lipinski definition) is 8. The van der Waals surface area contributed by atoms with Crippen LogP contribution in [0.2, 0.25) is 0 Å². The van der Waals surface area contributed by atoms with Crippen molar-refractivity contribution in [2.24, 2.45) is 0 Å². The van der Waals surface area contributed by atoms with Crippen molar-refractivity contribution >= 4 is 46.1 Å². The number of thiocarbonyl (C=S) groups is 1. The van der Waals surface area contributed by atoms with Crippen molar-refractivity contribution < 1.29 is 9.53 Å². The highest BCUT2D eigenvalue weighted by Crippen LogP contribution is 2.36. The third kappa shape index (κ3) is 5.40.